The maximum absolute atomic E-state index is 12.9. The normalized spacial score (nSPS) is 15.1. The molecular weight excluding hydrogens is 398 g/mol. The van der Waals surface area contributed by atoms with Crippen molar-refractivity contribution >= 4 is 45.0 Å². The summed E-state index contributed by atoms with van der Waals surface area (Å²) < 4.78 is 3.12. The Bertz CT molecular complexity index is 1220. The van der Waals surface area contributed by atoms with Crippen LogP contribution in [0.15, 0.2) is 47.5 Å². The monoisotopic (exact) mass is 421 g/mol. The molecule has 0 radical (unpaired) electrons. The van der Waals surface area contributed by atoms with E-state index in [1.165, 1.54) is 16.9 Å². The van der Waals surface area contributed by atoms with E-state index in [1.807, 2.05) is 11.5 Å². The van der Waals surface area contributed by atoms with E-state index >= 15 is 0 Å². The molecule has 0 bridgehead atoms. The van der Waals surface area contributed by atoms with Gasteiger partial charge in [0, 0.05) is 24.9 Å². The predicted octanol–water partition coefficient (Wildman–Crippen LogP) is 4.24. The Kier molecular flexibility index (Phi) is 5.39. The lowest BCUT2D eigenvalue weighted by Gasteiger charge is -2.14. The zero-order chi connectivity index (χ0) is 21.4. The van der Waals surface area contributed by atoms with Crippen molar-refractivity contribution in [1.82, 2.24) is 4.57 Å². The number of imide groups is 1. The topological polar surface area (TPSA) is 71.7 Å². The van der Waals surface area contributed by atoms with E-state index in [0.29, 0.717) is 28.5 Å². The molecule has 0 N–H and O–H groups in total. The number of anilines is 1. The largest absolute Gasteiger partial charge is 0.317 e. The molecule has 0 atom stereocenters. The molecule has 7 heteroatoms. The van der Waals surface area contributed by atoms with Gasteiger partial charge in [0.25, 0.3) is 5.91 Å². The minimum atomic E-state index is -0.395. The van der Waals surface area contributed by atoms with Crippen molar-refractivity contribution in [3.8, 4) is 0 Å². The molecule has 2 heterocycles. The first-order valence-electron chi connectivity index (χ1n) is 10.1. The minimum Gasteiger partial charge on any atom is -0.317 e. The summed E-state index contributed by atoms with van der Waals surface area (Å²) in [5.74, 6) is -0.451. The highest BCUT2D eigenvalue weighted by molar-refractivity contribution is 7.16. The van der Waals surface area contributed by atoms with E-state index in [1.54, 1.807) is 24.3 Å². The molecule has 154 valence electrons. The highest BCUT2D eigenvalue weighted by atomic mass is 32.1. The average Bonchev–Trinajstić information content (AvgIpc) is 3.25. The van der Waals surface area contributed by atoms with Crippen molar-refractivity contribution in [3.05, 3.63) is 58.4 Å². The SMILES string of the molecule is CCn1c(=NC(=O)c2cccc(N3C(=O)CCC3=O)c2)sc2cc(C(C)C)ccc21. The van der Waals surface area contributed by atoms with Crippen molar-refractivity contribution in [2.75, 3.05) is 4.90 Å². The smallest absolute Gasteiger partial charge is 0.279 e. The van der Waals surface area contributed by atoms with Crippen LogP contribution in [0.5, 0.6) is 0 Å². The van der Waals surface area contributed by atoms with Crippen molar-refractivity contribution in [3.63, 3.8) is 0 Å². The van der Waals surface area contributed by atoms with Gasteiger partial charge >= 0.3 is 0 Å². The van der Waals surface area contributed by atoms with Crippen LogP contribution in [0.4, 0.5) is 5.69 Å². The third kappa shape index (κ3) is 3.61. The third-order valence-corrected chi connectivity index (χ3v) is 6.33. The number of rotatable bonds is 4. The number of carbonyl (C=O) groups is 3. The summed E-state index contributed by atoms with van der Waals surface area (Å²) in [6.45, 7) is 7.03. The fourth-order valence-electron chi connectivity index (χ4n) is 3.63. The van der Waals surface area contributed by atoms with Gasteiger partial charge < -0.3 is 4.57 Å². The Morgan fingerprint density at radius 2 is 1.83 bits per heavy atom. The minimum absolute atomic E-state index is 0.206. The van der Waals surface area contributed by atoms with E-state index in [-0.39, 0.29) is 24.7 Å². The lowest BCUT2D eigenvalue weighted by molar-refractivity contribution is -0.121. The molecule has 30 heavy (non-hydrogen) atoms. The maximum atomic E-state index is 12.9. The predicted molar refractivity (Wildman–Crippen MR) is 118 cm³/mol. The first kappa shape index (κ1) is 20.2. The first-order valence-corrected chi connectivity index (χ1v) is 10.9. The quantitative estimate of drug-likeness (QED) is 0.592. The zero-order valence-electron chi connectivity index (χ0n) is 17.2. The molecule has 3 aromatic rings. The summed E-state index contributed by atoms with van der Waals surface area (Å²) in [5.41, 5.74) is 3.07. The average molecular weight is 422 g/mol. The van der Waals surface area contributed by atoms with Crippen molar-refractivity contribution in [2.24, 2.45) is 4.99 Å². The lowest BCUT2D eigenvalue weighted by Crippen LogP contribution is -2.28. The number of aryl methyl sites for hydroxylation is 1. The molecular formula is C23H23N3O3S. The van der Waals surface area contributed by atoms with E-state index in [0.717, 1.165) is 15.1 Å². The molecule has 1 aromatic heterocycles. The zero-order valence-corrected chi connectivity index (χ0v) is 18.0. The van der Waals surface area contributed by atoms with Gasteiger partial charge in [-0.1, -0.05) is 37.3 Å². The number of carbonyl (C=O) groups excluding carboxylic acids is 3. The lowest BCUT2D eigenvalue weighted by atomic mass is 10.0. The van der Waals surface area contributed by atoms with Crippen molar-refractivity contribution in [1.29, 1.82) is 0 Å². The van der Waals surface area contributed by atoms with Crippen molar-refractivity contribution in [2.45, 2.75) is 46.1 Å². The molecule has 0 aliphatic carbocycles. The Morgan fingerprint density at radius 1 is 1.10 bits per heavy atom. The first-order chi connectivity index (χ1) is 14.4. The van der Waals surface area contributed by atoms with E-state index in [9.17, 15) is 14.4 Å². The van der Waals surface area contributed by atoms with Gasteiger partial charge in [0.2, 0.25) is 11.8 Å². The number of benzene rings is 2. The van der Waals surface area contributed by atoms with Gasteiger partial charge in [-0.25, -0.2) is 0 Å². The van der Waals surface area contributed by atoms with Gasteiger partial charge in [-0.05, 0) is 48.7 Å². The van der Waals surface area contributed by atoms with Crippen LogP contribution < -0.4 is 9.70 Å². The molecule has 1 aliphatic heterocycles. The van der Waals surface area contributed by atoms with Crippen LogP contribution in [0.2, 0.25) is 0 Å². The highest BCUT2D eigenvalue weighted by Gasteiger charge is 2.30. The van der Waals surface area contributed by atoms with Crippen molar-refractivity contribution < 1.29 is 14.4 Å². The summed E-state index contributed by atoms with van der Waals surface area (Å²) in [7, 11) is 0. The highest BCUT2D eigenvalue weighted by Crippen LogP contribution is 2.25. The molecule has 0 saturated carbocycles. The molecule has 0 spiro atoms. The second-order valence-electron chi connectivity index (χ2n) is 7.60. The number of nitrogens with zero attached hydrogens (tertiary/aromatic N) is 3. The summed E-state index contributed by atoms with van der Waals surface area (Å²) in [6, 6.07) is 12.9. The van der Waals surface area contributed by atoms with Gasteiger partial charge in [-0.15, -0.1) is 0 Å². The van der Waals surface area contributed by atoms with Crippen LogP contribution in [0.1, 0.15) is 55.5 Å². The fraction of sp³-hybridized carbons (Fsp3) is 0.304. The number of hydrogen-bond acceptors (Lipinski definition) is 4. The van der Waals surface area contributed by atoms with E-state index < -0.39 is 5.91 Å². The second kappa shape index (κ2) is 7.99. The second-order valence-corrected chi connectivity index (χ2v) is 8.61. The summed E-state index contributed by atoms with van der Waals surface area (Å²) in [4.78, 5) is 43.1. The van der Waals surface area contributed by atoms with Gasteiger partial charge in [0.1, 0.15) is 0 Å². The number of aromatic nitrogens is 1. The van der Waals surface area contributed by atoms with Crippen LogP contribution in [0.3, 0.4) is 0 Å². The van der Waals surface area contributed by atoms with Crippen LogP contribution in [0, 0.1) is 0 Å². The van der Waals surface area contributed by atoms with Crippen LogP contribution in [0.25, 0.3) is 10.2 Å². The molecule has 6 nitrogen and oxygen atoms in total. The van der Waals surface area contributed by atoms with Gasteiger partial charge in [-0.2, -0.15) is 4.99 Å². The molecule has 3 amide bonds. The van der Waals surface area contributed by atoms with Crippen LogP contribution in [-0.2, 0) is 16.1 Å². The molecule has 1 fully saturated rings. The Labute approximate surface area is 178 Å². The molecule has 2 aromatic carbocycles. The van der Waals surface area contributed by atoms with E-state index in [4.69, 9.17) is 0 Å². The van der Waals surface area contributed by atoms with E-state index in [2.05, 4.69) is 37.0 Å². The van der Waals surface area contributed by atoms with Gasteiger partial charge in [0.15, 0.2) is 4.80 Å². The molecule has 0 unspecified atom stereocenters. The van der Waals surface area contributed by atoms with Crippen LogP contribution >= 0.6 is 11.3 Å². The molecule has 1 saturated heterocycles. The third-order valence-electron chi connectivity index (χ3n) is 5.29. The van der Waals surface area contributed by atoms with Gasteiger partial charge in [-0.3, -0.25) is 19.3 Å². The number of thiazole rings is 1. The Hall–Kier alpha value is -3.06. The summed E-state index contributed by atoms with van der Waals surface area (Å²) in [6.07, 6.45) is 0.413. The number of amides is 3. The number of fused-ring (bicyclic) bond motifs is 1. The Morgan fingerprint density at radius 3 is 2.50 bits per heavy atom. The van der Waals surface area contributed by atoms with Gasteiger partial charge in [0.05, 0.1) is 15.9 Å². The number of hydrogen-bond donors (Lipinski definition) is 0. The molecule has 1 aliphatic rings. The maximum Gasteiger partial charge on any atom is 0.279 e. The summed E-state index contributed by atoms with van der Waals surface area (Å²) in [5, 5.41) is 0. The summed E-state index contributed by atoms with van der Waals surface area (Å²) >= 11 is 1.49. The standard InChI is InChI=1S/C23H23N3O3S/c1-4-25-18-9-8-15(14(2)3)13-19(18)30-23(25)24-22(29)16-6-5-7-17(12-16)26-20(27)10-11-21(26)28/h5-9,12-14H,4,10-11H2,1-3H3. The fourth-order valence-corrected chi connectivity index (χ4v) is 4.77. The molecule has 4 rings (SSSR count). The van der Waals surface area contributed by atoms with Crippen LogP contribution in [-0.4, -0.2) is 22.3 Å². The Balaban J connectivity index is 1.74.